The number of amides is 1. The molecule has 1 amide bonds. The summed E-state index contributed by atoms with van der Waals surface area (Å²) in [6.07, 6.45) is 3.52. The maximum absolute atomic E-state index is 13.0. The molecule has 4 heteroatoms. The van der Waals surface area contributed by atoms with Crippen molar-refractivity contribution in [3.05, 3.63) is 90.8 Å². The van der Waals surface area contributed by atoms with Crippen LogP contribution in [-0.4, -0.2) is 18.0 Å². The van der Waals surface area contributed by atoms with E-state index in [0.717, 1.165) is 21.9 Å². The van der Waals surface area contributed by atoms with Crippen molar-refractivity contribution < 1.29 is 9.53 Å². The second-order valence-electron chi connectivity index (χ2n) is 6.14. The number of carbonyl (C=O) groups is 1. The molecule has 0 aliphatic rings. The smallest absolute Gasteiger partial charge is 0.256 e. The molecule has 0 unspecified atom stereocenters. The molecule has 4 nitrogen and oxygen atoms in total. The number of hydrogen-bond acceptors (Lipinski definition) is 3. The number of nitrogens with one attached hydrogen (secondary N) is 1. The van der Waals surface area contributed by atoms with Crippen LogP contribution in [0.4, 0.5) is 5.69 Å². The standard InChI is InChI=1S/C23H18N2O2/c1-27-22-12-11-17(18-8-5-13-24-15-18)14-21(22)25-23(26)20-10-4-7-16-6-2-3-9-19(16)20/h2-15H,1H3,(H,25,26). The quantitative estimate of drug-likeness (QED) is 0.550. The zero-order valence-corrected chi connectivity index (χ0v) is 14.8. The third-order valence-electron chi connectivity index (χ3n) is 4.48. The van der Waals surface area contributed by atoms with Crippen molar-refractivity contribution in [1.29, 1.82) is 0 Å². The van der Waals surface area contributed by atoms with Crippen molar-refractivity contribution in [3.8, 4) is 16.9 Å². The Hall–Kier alpha value is -3.66. The molecule has 0 radical (unpaired) electrons. The van der Waals surface area contributed by atoms with E-state index in [4.69, 9.17) is 4.74 Å². The summed E-state index contributed by atoms with van der Waals surface area (Å²) in [6.45, 7) is 0. The molecule has 3 aromatic carbocycles. The van der Waals surface area contributed by atoms with Crippen molar-refractivity contribution in [2.45, 2.75) is 0 Å². The molecule has 4 rings (SSSR count). The van der Waals surface area contributed by atoms with Gasteiger partial charge in [0.2, 0.25) is 0 Å². The second-order valence-corrected chi connectivity index (χ2v) is 6.14. The van der Waals surface area contributed by atoms with Gasteiger partial charge in [-0.3, -0.25) is 9.78 Å². The van der Waals surface area contributed by atoms with Crippen LogP contribution in [0.5, 0.6) is 5.75 Å². The number of ether oxygens (including phenoxy) is 1. The molecule has 0 bridgehead atoms. The van der Waals surface area contributed by atoms with Gasteiger partial charge in [0.1, 0.15) is 5.75 Å². The fourth-order valence-corrected chi connectivity index (χ4v) is 3.13. The molecule has 27 heavy (non-hydrogen) atoms. The lowest BCUT2D eigenvalue weighted by atomic mass is 10.0. The van der Waals surface area contributed by atoms with Crippen LogP contribution in [0.3, 0.4) is 0 Å². The summed E-state index contributed by atoms with van der Waals surface area (Å²) in [6, 6.07) is 23.1. The summed E-state index contributed by atoms with van der Waals surface area (Å²) in [5.74, 6) is 0.435. The van der Waals surface area contributed by atoms with Gasteiger partial charge in [-0.1, -0.05) is 48.5 Å². The van der Waals surface area contributed by atoms with Gasteiger partial charge >= 0.3 is 0 Å². The number of anilines is 1. The van der Waals surface area contributed by atoms with Gasteiger partial charge < -0.3 is 10.1 Å². The molecule has 0 saturated heterocycles. The molecule has 4 aromatic rings. The molecule has 0 fully saturated rings. The first kappa shape index (κ1) is 16.8. The zero-order chi connectivity index (χ0) is 18.6. The summed E-state index contributed by atoms with van der Waals surface area (Å²) in [5.41, 5.74) is 3.18. The molecule has 1 N–H and O–H groups in total. The molecule has 1 heterocycles. The molecule has 0 atom stereocenters. The Morgan fingerprint density at radius 2 is 1.78 bits per heavy atom. The van der Waals surface area contributed by atoms with Crippen LogP contribution >= 0.6 is 0 Å². The van der Waals surface area contributed by atoms with E-state index in [9.17, 15) is 4.79 Å². The second kappa shape index (κ2) is 7.30. The first-order chi connectivity index (χ1) is 13.3. The van der Waals surface area contributed by atoms with Crippen LogP contribution in [-0.2, 0) is 0 Å². The average molecular weight is 354 g/mol. The fraction of sp³-hybridized carbons (Fsp3) is 0.0435. The van der Waals surface area contributed by atoms with Gasteiger partial charge in [-0.25, -0.2) is 0 Å². The Bertz CT molecular complexity index is 1100. The van der Waals surface area contributed by atoms with Crippen molar-refractivity contribution >= 4 is 22.4 Å². The predicted molar refractivity (Wildman–Crippen MR) is 108 cm³/mol. The van der Waals surface area contributed by atoms with Crippen LogP contribution in [0.25, 0.3) is 21.9 Å². The van der Waals surface area contributed by atoms with Gasteiger partial charge in [0.15, 0.2) is 0 Å². The van der Waals surface area contributed by atoms with E-state index in [1.807, 2.05) is 72.8 Å². The van der Waals surface area contributed by atoms with E-state index in [-0.39, 0.29) is 5.91 Å². The minimum Gasteiger partial charge on any atom is -0.495 e. The lowest BCUT2D eigenvalue weighted by molar-refractivity contribution is 0.102. The third-order valence-corrected chi connectivity index (χ3v) is 4.48. The fourth-order valence-electron chi connectivity index (χ4n) is 3.13. The van der Waals surface area contributed by atoms with E-state index in [1.165, 1.54) is 0 Å². The first-order valence-corrected chi connectivity index (χ1v) is 8.64. The van der Waals surface area contributed by atoms with E-state index in [2.05, 4.69) is 10.3 Å². The van der Waals surface area contributed by atoms with Gasteiger partial charge in [0.05, 0.1) is 12.8 Å². The number of benzene rings is 3. The van der Waals surface area contributed by atoms with Gasteiger partial charge in [-0.2, -0.15) is 0 Å². The van der Waals surface area contributed by atoms with Gasteiger partial charge in [0, 0.05) is 23.5 Å². The molecular formula is C23H18N2O2. The third kappa shape index (κ3) is 3.37. The number of nitrogens with zero attached hydrogens (tertiary/aromatic N) is 1. The molecule has 1 aromatic heterocycles. The Balaban J connectivity index is 1.72. The van der Waals surface area contributed by atoms with Crippen molar-refractivity contribution in [3.63, 3.8) is 0 Å². The summed E-state index contributed by atoms with van der Waals surface area (Å²) in [4.78, 5) is 17.1. The molecule has 132 valence electrons. The van der Waals surface area contributed by atoms with Crippen LogP contribution in [0.2, 0.25) is 0 Å². The highest BCUT2D eigenvalue weighted by atomic mass is 16.5. The highest BCUT2D eigenvalue weighted by Crippen LogP contribution is 2.31. The van der Waals surface area contributed by atoms with Crippen molar-refractivity contribution in [2.24, 2.45) is 0 Å². The number of carbonyl (C=O) groups excluding carboxylic acids is 1. The maximum Gasteiger partial charge on any atom is 0.256 e. The van der Waals surface area contributed by atoms with Crippen molar-refractivity contribution in [2.75, 3.05) is 12.4 Å². The SMILES string of the molecule is COc1ccc(-c2cccnc2)cc1NC(=O)c1cccc2ccccc12. The average Bonchev–Trinajstić information content (AvgIpc) is 2.74. The molecule has 0 aliphatic carbocycles. The van der Waals surface area contributed by atoms with Gasteiger partial charge in [-0.05, 0) is 40.6 Å². The minimum atomic E-state index is -0.173. The number of pyridine rings is 1. The molecule has 0 saturated carbocycles. The Morgan fingerprint density at radius 3 is 2.59 bits per heavy atom. The monoisotopic (exact) mass is 354 g/mol. The van der Waals surface area contributed by atoms with Crippen LogP contribution in [0.1, 0.15) is 10.4 Å². The Labute approximate surface area is 157 Å². The molecule has 0 aliphatic heterocycles. The van der Waals surface area contributed by atoms with E-state index >= 15 is 0 Å². The predicted octanol–water partition coefficient (Wildman–Crippen LogP) is 5.16. The largest absolute Gasteiger partial charge is 0.495 e. The number of rotatable bonds is 4. The van der Waals surface area contributed by atoms with E-state index in [0.29, 0.717) is 17.0 Å². The van der Waals surface area contributed by atoms with E-state index in [1.54, 1.807) is 19.5 Å². The van der Waals surface area contributed by atoms with Gasteiger partial charge in [-0.15, -0.1) is 0 Å². The first-order valence-electron chi connectivity index (χ1n) is 8.64. The topological polar surface area (TPSA) is 51.2 Å². The maximum atomic E-state index is 13.0. The summed E-state index contributed by atoms with van der Waals surface area (Å²) >= 11 is 0. The lowest BCUT2D eigenvalue weighted by Crippen LogP contribution is -2.13. The minimum absolute atomic E-state index is 0.173. The molecular weight excluding hydrogens is 336 g/mol. The highest BCUT2D eigenvalue weighted by Gasteiger charge is 2.13. The van der Waals surface area contributed by atoms with E-state index < -0.39 is 0 Å². The van der Waals surface area contributed by atoms with Crippen LogP contribution in [0.15, 0.2) is 85.2 Å². The number of fused-ring (bicyclic) bond motifs is 1. The number of hydrogen-bond donors (Lipinski definition) is 1. The Morgan fingerprint density at radius 1 is 0.926 bits per heavy atom. The highest BCUT2D eigenvalue weighted by molar-refractivity contribution is 6.13. The van der Waals surface area contributed by atoms with Crippen LogP contribution in [0, 0.1) is 0 Å². The summed E-state index contributed by atoms with van der Waals surface area (Å²) in [5, 5.41) is 4.94. The van der Waals surface area contributed by atoms with Crippen LogP contribution < -0.4 is 10.1 Å². The lowest BCUT2D eigenvalue weighted by Gasteiger charge is -2.13. The Kier molecular flexibility index (Phi) is 4.54. The number of aromatic nitrogens is 1. The normalized spacial score (nSPS) is 10.6. The molecule has 0 spiro atoms. The number of methoxy groups -OCH3 is 1. The summed E-state index contributed by atoms with van der Waals surface area (Å²) < 4.78 is 5.43. The zero-order valence-electron chi connectivity index (χ0n) is 14.8. The van der Waals surface area contributed by atoms with Crippen molar-refractivity contribution in [1.82, 2.24) is 4.98 Å². The summed E-state index contributed by atoms with van der Waals surface area (Å²) in [7, 11) is 1.59. The van der Waals surface area contributed by atoms with Gasteiger partial charge in [0.25, 0.3) is 5.91 Å².